The quantitative estimate of drug-likeness (QED) is 0.873. The molecule has 3 heteroatoms. The molecule has 0 atom stereocenters. The highest BCUT2D eigenvalue weighted by Crippen LogP contribution is 2.17. The van der Waals surface area contributed by atoms with E-state index in [1.54, 1.807) is 6.20 Å². The first-order chi connectivity index (χ1) is 8.29. The summed E-state index contributed by atoms with van der Waals surface area (Å²) in [7, 11) is 0. The fraction of sp³-hybridized carbons (Fsp3) is 0.286. The normalized spacial score (nSPS) is 10.5. The molecule has 88 valence electrons. The number of aromatic nitrogens is 2. The van der Waals surface area contributed by atoms with Crippen LogP contribution in [0.25, 0.3) is 11.3 Å². The van der Waals surface area contributed by atoms with E-state index in [4.69, 9.17) is 5.11 Å². The third-order valence-electron chi connectivity index (χ3n) is 2.61. The molecule has 0 fully saturated rings. The predicted molar refractivity (Wildman–Crippen MR) is 67.6 cm³/mol. The van der Waals surface area contributed by atoms with Gasteiger partial charge in [0.05, 0.1) is 5.69 Å². The molecule has 0 aliphatic rings. The van der Waals surface area contributed by atoms with Crippen molar-refractivity contribution in [2.75, 3.05) is 6.61 Å². The Bertz CT molecular complexity index is 480. The molecule has 0 bridgehead atoms. The van der Waals surface area contributed by atoms with Crippen molar-refractivity contribution >= 4 is 0 Å². The van der Waals surface area contributed by atoms with Gasteiger partial charge in [0.2, 0.25) is 0 Å². The molecule has 1 aromatic heterocycles. The highest BCUT2D eigenvalue weighted by molar-refractivity contribution is 5.58. The second kappa shape index (κ2) is 5.55. The summed E-state index contributed by atoms with van der Waals surface area (Å²) in [5, 5.41) is 8.79. The Morgan fingerprint density at radius 3 is 2.59 bits per heavy atom. The van der Waals surface area contributed by atoms with E-state index in [0.29, 0.717) is 6.42 Å². The van der Waals surface area contributed by atoms with Gasteiger partial charge in [-0.2, -0.15) is 0 Å². The minimum Gasteiger partial charge on any atom is -0.396 e. The van der Waals surface area contributed by atoms with Crippen molar-refractivity contribution in [1.82, 2.24) is 9.97 Å². The van der Waals surface area contributed by atoms with Crippen LogP contribution in [0.2, 0.25) is 0 Å². The van der Waals surface area contributed by atoms with Gasteiger partial charge < -0.3 is 5.11 Å². The highest BCUT2D eigenvalue weighted by Gasteiger charge is 2.01. The zero-order valence-corrected chi connectivity index (χ0v) is 9.93. The van der Waals surface area contributed by atoms with E-state index in [1.807, 2.05) is 6.07 Å². The molecule has 3 nitrogen and oxygen atoms in total. The molecule has 0 amide bonds. The molecule has 0 aliphatic carbocycles. The number of aliphatic hydroxyl groups is 1. The largest absolute Gasteiger partial charge is 0.396 e. The van der Waals surface area contributed by atoms with Crippen molar-refractivity contribution in [3.63, 3.8) is 0 Å². The Kier molecular flexibility index (Phi) is 3.83. The molecule has 1 aromatic carbocycles. The zero-order chi connectivity index (χ0) is 12.1. The Morgan fingerprint density at radius 1 is 1.12 bits per heavy atom. The molecule has 2 aromatic rings. The van der Waals surface area contributed by atoms with Gasteiger partial charge in [-0.25, -0.2) is 9.97 Å². The van der Waals surface area contributed by atoms with Crippen molar-refractivity contribution in [1.29, 1.82) is 0 Å². The standard InChI is InChI=1S/C14H16N2O/c1-11-4-6-12(7-5-11)13-8-9-15-14(16-13)3-2-10-17/h4-9,17H,2-3,10H2,1H3. The van der Waals surface area contributed by atoms with Gasteiger partial charge in [-0.15, -0.1) is 0 Å². The molecule has 1 heterocycles. The topological polar surface area (TPSA) is 46.0 Å². The molecular weight excluding hydrogens is 212 g/mol. The van der Waals surface area contributed by atoms with Crippen molar-refractivity contribution in [3.05, 3.63) is 47.9 Å². The summed E-state index contributed by atoms with van der Waals surface area (Å²) in [5.74, 6) is 0.789. The third-order valence-corrected chi connectivity index (χ3v) is 2.61. The van der Waals surface area contributed by atoms with E-state index < -0.39 is 0 Å². The summed E-state index contributed by atoms with van der Waals surface area (Å²) >= 11 is 0. The monoisotopic (exact) mass is 228 g/mol. The lowest BCUT2D eigenvalue weighted by atomic mass is 10.1. The Labute approximate surface area is 101 Å². The average molecular weight is 228 g/mol. The molecule has 1 N–H and O–H groups in total. The van der Waals surface area contributed by atoms with Gasteiger partial charge in [-0.1, -0.05) is 29.8 Å². The molecule has 0 saturated heterocycles. The van der Waals surface area contributed by atoms with E-state index in [-0.39, 0.29) is 6.61 Å². The number of aryl methyl sites for hydroxylation is 2. The molecular formula is C14H16N2O. The van der Waals surface area contributed by atoms with E-state index in [1.165, 1.54) is 5.56 Å². The Balaban J connectivity index is 2.23. The lowest BCUT2D eigenvalue weighted by Gasteiger charge is -2.03. The van der Waals surface area contributed by atoms with E-state index in [2.05, 4.69) is 41.2 Å². The van der Waals surface area contributed by atoms with Crippen LogP contribution in [0.4, 0.5) is 0 Å². The summed E-state index contributed by atoms with van der Waals surface area (Å²) in [6, 6.07) is 10.2. The second-order valence-corrected chi connectivity index (χ2v) is 4.05. The van der Waals surface area contributed by atoms with Crippen LogP contribution in [-0.4, -0.2) is 21.7 Å². The van der Waals surface area contributed by atoms with Crippen molar-refractivity contribution in [2.24, 2.45) is 0 Å². The number of hydrogen-bond donors (Lipinski definition) is 1. The summed E-state index contributed by atoms with van der Waals surface area (Å²) in [6.07, 6.45) is 3.20. The predicted octanol–water partition coefficient (Wildman–Crippen LogP) is 2.38. The van der Waals surface area contributed by atoms with Crippen molar-refractivity contribution in [3.8, 4) is 11.3 Å². The Hall–Kier alpha value is -1.74. The molecule has 0 saturated carbocycles. The zero-order valence-electron chi connectivity index (χ0n) is 9.93. The van der Waals surface area contributed by atoms with Crippen LogP contribution in [0.15, 0.2) is 36.5 Å². The van der Waals surface area contributed by atoms with Crippen LogP contribution in [0.5, 0.6) is 0 Å². The van der Waals surface area contributed by atoms with E-state index >= 15 is 0 Å². The van der Waals surface area contributed by atoms with Crippen LogP contribution in [0.1, 0.15) is 17.8 Å². The first-order valence-corrected chi connectivity index (χ1v) is 5.79. The van der Waals surface area contributed by atoms with Gasteiger partial charge in [-0.05, 0) is 19.4 Å². The van der Waals surface area contributed by atoms with Crippen LogP contribution in [-0.2, 0) is 6.42 Å². The highest BCUT2D eigenvalue weighted by atomic mass is 16.2. The molecule has 0 spiro atoms. The number of hydrogen-bond acceptors (Lipinski definition) is 3. The average Bonchev–Trinajstić information content (AvgIpc) is 2.37. The van der Waals surface area contributed by atoms with Crippen LogP contribution in [0.3, 0.4) is 0 Å². The lowest BCUT2D eigenvalue weighted by molar-refractivity contribution is 0.287. The molecule has 0 radical (unpaired) electrons. The Morgan fingerprint density at radius 2 is 1.88 bits per heavy atom. The van der Waals surface area contributed by atoms with Crippen LogP contribution in [0, 0.1) is 6.92 Å². The maximum atomic E-state index is 8.79. The summed E-state index contributed by atoms with van der Waals surface area (Å²) in [6.45, 7) is 2.24. The van der Waals surface area contributed by atoms with Gasteiger partial charge in [0.15, 0.2) is 0 Å². The van der Waals surface area contributed by atoms with Gasteiger partial charge in [-0.3, -0.25) is 0 Å². The fourth-order valence-corrected chi connectivity index (χ4v) is 1.64. The first-order valence-electron chi connectivity index (χ1n) is 5.79. The number of benzene rings is 1. The van der Waals surface area contributed by atoms with Crippen LogP contribution < -0.4 is 0 Å². The SMILES string of the molecule is Cc1ccc(-c2ccnc(CCCO)n2)cc1. The molecule has 0 aliphatic heterocycles. The summed E-state index contributed by atoms with van der Waals surface area (Å²) in [5.41, 5.74) is 3.28. The van der Waals surface area contributed by atoms with E-state index in [0.717, 1.165) is 23.5 Å². The number of nitrogens with zero attached hydrogens (tertiary/aromatic N) is 2. The second-order valence-electron chi connectivity index (χ2n) is 4.05. The van der Waals surface area contributed by atoms with E-state index in [9.17, 15) is 0 Å². The van der Waals surface area contributed by atoms with Crippen molar-refractivity contribution < 1.29 is 5.11 Å². The lowest BCUT2D eigenvalue weighted by Crippen LogP contribution is -1.98. The smallest absolute Gasteiger partial charge is 0.129 e. The van der Waals surface area contributed by atoms with Gasteiger partial charge in [0, 0.05) is 24.8 Å². The molecule has 2 rings (SSSR count). The minimum absolute atomic E-state index is 0.179. The summed E-state index contributed by atoms with van der Waals surface area (Å²) in [4.78, 5) is 8.69. The maximum Gasteiger partial charge on any atom is 0.129 e. The number of rotatable bonds is 4. The van der Waals surface area contributed by atoms with Gasteiger partial charge >= 0.3 is 0 Å². The molecule has 0 unspecified atom stereocenters. The van der Waals surface area contributed by atoms with Gasteiger partial charge in [0.1, 0.15) is 5.82 Å². The minimum atomic E-state index is 0.179. The first kappa shape index (κ1) is 11.7. The fourth-order valence-electron chi connectivity index (χ4n) is 1.64. The number of aliphatic hydroxyl groups excluding tert-OH is 1. The van der Waals surface area contributed by atoms with Crippen LogP contribution >= 0.6 is 0 Å². The van der Waals surface area contributed by atoms with Gasteiger partial charge in [0.25, 0.3) is 0 Å². The summed E-state index contributed by atoms with van der Waals surface area (Å²) < 4.78 is 0. The third kappa shape index (κ3) is 3.11. The maximum absolute atomic E-state index is 8.79. The molecule has 17 heavy (non-hydrogen) atoms. The van der Waals surface area contributed by atoms with Crippen molar-refractivity contribution in [2.45, 2.75) is 19.8 Å².